The van der Waals surface area contributed by atoms with Gasteiger partial charge in [0.2, 0.25) is 0 Å². The average Bonchev–Trinajstić information content (AvgIpc) is 2.15. The first-order valence-corrected chi connectivity index (χ1v) is 5.02. The van der Waals surface area contributed by atoms with E-state index in [0.29, 0.717) is 5.56 Å². The monoisotopic (exact) mass is 221 g/mol. The minimum absolute atomic E-state index is 0.360. The van der Waals surface area contributed by atoms with Crippen molar-refractivity contribution in [2.75, 3.05) is 0 Å². The van der Waals surface area contributed by atoms with Gasteiger partial charge in [-0.2, -0.15) is 0 Å². The lowest BCUT2D eigenvalue weighted by atomic mass is 10.1. The van der Waals surface area contributed by atoms with E-state index in [1.54, 1.807) is 12.1 Å². The summed E-state index contributed by atoms with van der Waals surface area (Å²) < 4.78 is 0. The summed E-state index contributed by atoms with van der Waals surface area (Å²) in [5, 5.41) is 11.1. The fourth-order valence-electron chi connectivity index (χ4n) is 1.45. The molecule has 0 saturated heterocycles. The minimum atomic E-state index is -1.04. The molecule has 0 aliphatic rings. The molecule has 1 rings (SSSR count). The number of hydrogen-bond donors (Lipinski definition) is 2. The summed E-state index contributed by atoms with van der Waals surface area (Å²) in [6, 6.07) is 4.54. The van der Waals surface area contributed by atoms with E-state index in [0.717, 1.165) is 11.1 Å². The molecule has 0 spiro atoms. The van der Waals surface area contributed by atoms with Crippen molar-refractivity contribution in [3.8, 4) is 0 Å². The lowest BCUT2D eigenvalue weighted by Crippen LogP contribution is -2.38. The highest BCUT2D eigenvalue weighted by Gasteiger charge is 2.15. The van der Waals surface area contributed by atoms with Gasteiger partial charge in [-0.15, -0.1) is 0 Å². The molecule has 1 aromatic carbocycles. The van der Waals surface area contributed by atoms with E-state index in [4.69, 9.17) is 5.11 Å². The summed E-state index contributed by atoms with van der Waals surface area (Å²) in [6.45, 7) is 5.22. The van der Waals surface area contributed by atoms with Crippen LogP contribution in [0.5, 0.6) is 0 Å². The van der Waals surface area contributed by atoms with E-state index in [1.165, 1.54) is 6.92 Å². The van der Waals surface area contributed by atoms with Crippen LogP contribution in [0.15, 0.2) is 18.2 Å². The molecule has 16 heavy (non-hydrogen) atoms. The van der Waals surface area contributed by atoms with Gasteiger partial charge in [0.25, 0.3) is 5.91 Å². The summed E-state index contributed by atoms with van der Waals surface area (Å²) in [7, 11) is 0. The molecule has 0 heterocycles. The third kappa shape index (κ3) is 3.08. The van der Waals surface area contributed by atoms with Crippen LogP contribution < -0.4 is 5.32 Å². The van der Waals surface area contributed by atoms with Gasteiger partial charge in [0, 0.05) is 5.56 Å². The molecule has 0 saturated carbocycles. The van der Waals surface area contributed by atoms with Crippen LogP contribution in [0, 0.1) is 13.8 Å². The Kier molecular flexibility index (Phi) is 3.66. The molecule has 1 aromatic rings. The van der Waals surface area contributed by atoms with Crippen molar-refractivity contribution < 1.29 is 14.7 Å². The Labute approximate surface area is 94.3 Å². The Morgan fingerprint density at radius 2 is 1.69 bits per heavy atom. The van der Waals surface area contributed by atoms with Crippen molar-refractivity contribution in [2.45, 2.75) is 26.8 Å². The second-order valence-electron chi connectivity index (χ2n) is 3.91. The van der Waals surface area contributed by atoms with Crippen LogP contribution >= 0.6 is 0 Å². The number of carbonyl (C=O) groups is 2. The van der Waals surface area contributed by atoms with E-state index in [9.17, 15) is 9.59 Å². The van der Waals surface area contributed by atoms with Gasteiger partial charge in [-0.05, 0) is 32.9 Å². The Morgan fingerprint density at radius 1 is 1.19 bits per heavy atom. The van der Waals surface area contributed by atoms with Crippen molar-refractivity contribution >= 4 is 11.9 Å². The number of benzene rings is 1. The molecule has 86 valence electrons. The van der Waals surface area contributed by atoms with E-state index in [2.05, 4.69) is 5.32 Å². The van der Waals surface area contributed by atoms with Gasteiger partial charge >= 0.3 is 5.97 Å². The molecule has 1 unspecified atom stereocenters. The fraction of sp³-hybridized carbons (Fsp3) is 0.333. The zero-order valence-electron chi connectivity index (χ0n) is 9.57. The summed E-state index contributed by atoms with van der Waals surface area (Å²) >= 11 is 0. The molecule has 1 amide bonds. The first-order chi connectivity index (χ1) is 7.40. The fourth-order valence-corrected chi connectivity index (χ4v) is 1.45. The molecule has 1 atom stereocenters. The number of rotatable bonds is 3. The first kappa shape index (κ1) is 12.2. The molecule has 4 heteroatoms. The van der Waals surface area contributed by atoms with Crippen molar-refractivity contribution in [3.05, 3.63) is 34.9 Å². The van der Waals surface area contributed by atoms with Crippen LogP contribution in [0.1, 0.15) is 28.4 Å². The van der Waals surface area contributed by atoms with E-state index in [1.807, 2.05) is 19.9 Å². The summed E-state index contributed by atoms with van der Waals surface area (Å²) in [4.78, 5) is 22.3. The quantitative estimate of drug-likeness (QED) is 0.813. The van der Waals surface area contributed by atoms with Crippen LogP contribution in [0.3, 0.4) is 0 Å². The molecule has 0 bridgehead atoms. The van der Waals surface area contributed by atoms with Crippen molar-refractivity contribution in [1.82, 2.24) is 5.32 Å². The van der Waals surface area contributed by atoms with Crippen molar-refractivity contribution in [2.24, 2.45) is 0 Å². The number of hydrogen-bond acceptors (Lipinski definition) is 2. The number of carboxylic acids is 1. The average molecular weight is 221 g/mol. The first-order valence-electron chi connectivity index (χ1n) is 5.02. The van der Waals surface area contributed by atoms with Crippen molar-refractivity contribution in [3.63, 3.8) is 0 Å². The van der Waals surface area contributed by atoms with E-state index >= 15 is 0 Å². The number of carbonyl (C=O) groups excluding carboxylic acids is 1. The maximum atomic E-state index is 11.7. The molecule has 0 aliphatic carbocycles. The Bertz CT molecular complexity index is 406. The largest absolute Gasteiger partial charge is 0.480 e. The van der Waals surface area contributed by atoms with Gasteiger partial charge in [-0.25, -0.2) is 0 Å². The number of nitrogens with one attached hydrogen (secondary N) is 1. The van der Waals surface area contributed by atoms with E-state index in [-0.39, 0.29) is 5.91 Å². The van der Waals surface area contributed by atoms with Crippen LogP contribution in [0.4, 0.5) is 0 Å². The lowest BCUT2D eigenvalue weighted by Gasteiger charge is -2.10. The summed E-state index contributed by atoms with van der Waals surface area (Å²) in [5.74, 6) is -1.40. The highest BCUT2D eigenvalue weighted by Crippen LogP contribution is 2.08. The molecule has 2 N–H and O–H groups in total. The topological polar surface area (TPSA) is 66.4 Å². The second kappa shape index (κ2) is 4.79. The zero-order chi connectivity index (χ0) is 12.3. The van der Waals surface area contributed by atoms with Crippen LogP contribution in [-0.2, 0) is 4.79 Å². The number of carboxylic acid groups (broad SMARTS) is 1. The maximum Gasteiger partial charge on any atom is 0.325 e. The Morgan fingerprint density at radius 3 is 2.12 bits per heavy atom. The standard InChI is InChI=1S/C12H15NO3/c1-7-4-8(2)6-10(5-7)11(14)13-9(3)12(15)16/h4-6,9H,1-3H3,(H,13,14)(H,15,16). The normalized spacial score (nSPS) is 11.9. The number of amides is 1. The number of aryl methyl sites for hydroxylation is 2. The van der Waals surface area contributed by atoms with Crippen LogP contribution in [-0.4, -0.2) is 23.0 Å². The summed E-state index contributed by atoms with van der Waals surface area (Å²) in [5.41, 5.74) is 2.45. The number of aliphatic carboxylic acids is 1. The molecule has 0 radical (unpaired) electrons. The molecule has 0 aliphatic heterocycles. The summed E-state index contributed by atoms with van der Waals surface area (Å²) in [6.07, 6.45) is 0. The predicted molar refractivity (Wildman–Crippen MR) is 60.5 cm³/mol. The molecule has 0 fully saturated rings. The predicted octanol–water partition coefficient (Wildman–Crippen LogP) is 1.51. The Hall–Kier alpha value is -1.84. The van der Waals surface area contributed by atoms with Gasteiger partial charge in [-0.1, -0.05) is 17.2 Å². The van der Waals surface area contributed by atoms with Gasteiger partial charge in [-0.3, -0.25) is 9.59 Å². The molecular formula is C12H15NO3. The maximum absolute atomic E-state index is 11.7. The highest BCUT2D eigenvalue weighted by atomic mass is 16.4. The molecular weight excluding hydrogens is 206 g/mol. The van der Waals surface area contributed by atoms with Crippen LogP contribution in [0.2, 0.25) is 0 Å². The van der Waals surface area contributed by atoms with Gasteiger partial charge in [0.15, 0.2) is 0 Å². The third-order valence-electron chi connectivity index (χ3n) is 2.20. The Balaban J connectivity index is 2.84. The van der Waals surface area contributed by atoms with Crippen LogP contribution in [0.25, 0.3) is 0 Å². The van der Waals surface area contributed by atoms with Gasteiger partial charge in [0.05, 0.1) is 0 Å². The molecule has 0 aromatic heterocycles. The smallest absolute Gasteiger partial charge is 0.325 e. The SMILES string of the molecule is Cc1cc(C)cc(C(=O)NC(C)C(=O)O)c1. The zero-order valence-corrected chi connectivity index (χ0v) is 9.57. The third-order valence-corrected chi connectivity index (χ3v) is 2.20. The highest BCUT2D eigenvalue weighted by molar-refractivity contribution is 5.96. The van der Waals surface area contributed by atoms with E-state index < -0.39 is 12.0 Å². The lowest BCUT2D eigenvalue weighted by molar-refractivity contribution is -0.138. The molecule has 4 nitrogen and oxygen atoms in total. The van der Waals surface area contributed by atoms with Gasteiger partial charge < -0.3 is 10.4 Å². The van der Waals surface area contributed by atoms with Gasteiger partial charge in [0.1, 0.15) is 6.04 Å². The minimum Gasteiger partial charge on any atom is -0.480 e. The van der Waals surface area contributed by atoms with Crippen molar-refractivity contribution in [1.29, 1.82) is 0 Å². The second-order valence-corrected chi connectivity index (χ2v) is 3.91.